The number of hydrogen-bond donors (Lipinski definition) is 2. The highest BCUT2D eigenvalue weighted by molar-refractivity contribution is 7.18. The minimum Gasteiger partial charge on any atom is -0.397 e. The van der Waals surface area contributed by atoms with E-state index in [0.717, 1.165) is 15.2 Å². The Balaban J connectivity index is 2.07. The van der Waals surface area contributed by atoms with Gasteiger partial charge < -0.3 is 11.1 Å². The minimum absolute atomic E-state index is 0.189. The summed E-state index contributed by atoms with van der Waals surface area (Å²) in [7, 11) is 0. The standard InChI is InChI=1S/C14H10Cl2FN3S/c1-6-19-12-5-11(10(18)4-13(12)21-6)20-14-8(15)2-7(17)3-9(14)16/h2-5,20H,18H2,1H3. The van der Waals surface area contributed by atoms with Crippen LogP contribution in [0.3, 0.4) is 0 Å². The van der Waals surface area contributed by atoms with Crippen LogP contribution in [0.15, 0.2) is 24.3 Å². The quantitative estimate of drug-likeness (QED) is 0.615. The highest BCUT2D eigenvalue weighted by Gasteiger charge is 2.12. The third kappa shape index (κ3) is 2.77. The van der Waals surface area contributed by atoms with Crippen LogP contribution in [-0.2, 0) is 0 Å². The Labute approximate surface area is 134 Å². The molecule has 7 heteroatoms. The number of halogens is 3. The molecule has 3 N–H and O–H groups in total. The van der Waals surface area contributed by atoms with Crippen LogP contribution >= 0.6 is 34.5 Å². The van der Waals surface area contributed by atoms with Crippen molar-refractivity contribution < 1.29 is 4.39 Å². The number of aryl methyl sites for hydroxylation is 1. The first kappa shape index (κ1) is 14.4. The van der Waals surface area contributed by atoms with Crippen LogP contribution in [0.5, 0.6) is 0 Å². The maximum absolute atomic E-state index is 13.2. The van der Waals surface area contributed by atoms with E-state index in [2.05, 4.69) is 10.3 Å². The summed E-state index contributed by atoms with van der Waals surface area (Å²) in [6, 6.07) is 6.05. The van der Waals surface area contributed by atoms with E-state index in [4.69, 9.17) is 28.9 Å². The molecule has 2 aromatic carbocycles. The number of benzene rings is 2. The number of nitrogens with two attached hydrogens (primary N) is 1. The molecule has 0 amide bonds. The van der Waals surface area contributed by atoms with Gasteiger partial charge in [0.1, 0.15) is 5.82 Å². The van der Waals surface area contributed by atoms with Crippen molar-refractivity contribution in [2.24, 2.45) is 0 Å². The largest absolute Gasteiger partial charge is 0.397 e. The van der Waals surface area contributed by atoms with Gasteiger partial charge in [-0.05, 0) is 31.2 Å². The molecule has 0 fully saturated rings. The molecule has 0 aliphatic rings. The maximum atomic E-state index is 13.2. The van der Waals surface area contributed by atoms with Crippen LogP contribution in [0.2, 0.25) is 10.0 Å². The van der Waals surface area contributed by atoms with Crippen molar-refractivity contribution in [3.05, 3.63) is 45.1 Å². The molecule has 3 aromatic rings. The van der Waals surface area contributed by atoms with E-state index in [1.165, 1.54) is 12.1 Å². The number of nitrogen functional groups attached to an aromatic ring is 1. The second-order valence-corrected chi connectivity index (χ2v) is 6.56. The first-order valence-corrected chi connectivity index (χ1v) is 7.59. The third-order valence-electron chi connectivity index (χ3n) is 2.93. The molecule has 0 saturated heterocycles. The predicted molar refractivity (Wildman–Crippen MR) is 88.5 cm³/mol. The normalized spacial score (nSPS) is 11.0. The number of fused-ring (bicyclic) bond motifs is 1. The fourth-order valence-corrected chi connectivity index (χ4v) is 3.42. The molecule has 0 aliphatic heterocycles. The van der Waals surface area contributed by atoms with E-state index >= 15 is 0 Å². The highest BCUT2D eigenvalue weighted by atomic mass is 35.5. The molecule has 0 radical (unpaired) electrons. The molecule has 0 spiro atoms. The van der Waals surface area contributed by atoms with E-state index < -0.39 is 5.82 Å². The van der Waals surface area contributed by atoms with Crippen molar-refractivity contribution in [2.75, 3.05) is 11.1 Å². The fourth-order valence-electron chi connectivity index (χ4n) is 2.01. The number of nitrogens with one attached hydrogen (secondary N) is 1. The minimum atomic E-state index is -0.492. The van der Waals surface area contributed by atoms with Gasteiger partial charge in [-0.25, -0.2) is 9.37 Å². The van der Waals surface area contributed by atoms with E-state index in [9.17, 15) is 4.39 Å². The first-order valence-electron chi connectivity index (χ1n) is 6.02. The van der Waals surface area contributed by atoms with Gasteiger partial charge >= 0.3 is 0 Å². The Morgan fingerprint density at radius 2 is 1.86 bits per heavy atom. The lowest BCUT2D eigenvalue weighted by molar-refractivity contribution is 0.628. The lowest BCUT2D eigenvalue weighted by atomic mass is 10.2. The molecule has 0 aliphatic carbocycles. The Morgan fingerprint density at radius 3 is 2.52 bits per heavy atom. The van der Waals surface area contributed by atoms with Gasteiger partial charge in [-0.2, -0.15) is 0 Å². The SMILES string of the molecule is Cc1nc2cc(Nc3c(Cl)cc(F)cc3Cl)c(N)cc2s1. The summed E-state index contributed by atoms with van der Waals surface area (Å²) < 4.78 is 14.2. The van der Waals surface area contributed by atoms with E-state index in [1.54, 1.807) is 11.3 Å². The van der Waals surface area contributed by atoms with Gasteiger partial charge in [-0.1, -0.05) is 23.2 Å². The lowest BCUT2D eigenvalue weighted by Crippen LogP contribution is -1.98. The third-order valence-corrected chi connectivity index (χ3v) is 4.46. The van der Waals surface area contributed by atoms with Gasteiger partial charge in [0.25, 0.3) is 0 Å². The summed E-state index contributed by atoms with van der Waals surface area (Å²) in [6.07, 6.45) is 0. The van der Waals surface area contributed by atoms with Crippen molar-refractivity contribution in [3.63, 3.8) is 0 Å². The molecule has 0 saturated carbocycles. The molecule has 1 aromatic heterocycles. The van der Waals surface area contributed by atoms with E-state index in [1.807, 2.05) is 19.1 Å². The number of nitrogens with zero attached hydrogens (tertiary/aromatic N) is 1. The van der Waals surface area contributed by atoms with Gasteiger partial charge in [0.2, 0.25) is 0 Å². The zero-order valence-electron chi connectivity index (χ0n) is 10.9. The molecule has 21 heavy (non-hydrogen) atoms. The molecular formula is C14H10Cl2FN3S. The zero-order valence-corrected chi connectivity index (χ0v) is 13.2. The molecule has 1 heterocycles. The second-order valence-electron chi connectivity index (χ2n) is 4.51. The number of rotatable bonds is 2. The van der Waals surface area contributed by atoms with Crippen molar-refractivity contribution in [1.29, 1.82) is 0 Å². The number of thiazole rings is 1. The molecule has 108 valence electrons. The summed E-state index contributed by atoms with van der Waals surface area (Å²) >= 11 is 13.6. The number of aromatic nitrogens is 1. The van der Waals surface area contributed by atoms with Gasteiger partial charge in [0.05, 0.1) is 42.3 Å². The van der Waals surface area contributed by atoms with Crippen molar-refractivity contribution in [2.45, 2.75) is 6.92 Å². The summed E-state index contributed by atoms with van der Waals surface area (Å²) in [5, 5.41) is 4.38. The maximum Gasteiger partial charge on any atom is 0.126 e. The molecular weight excluding hydrogens is 332 g/mol. The Morgan fingerprint density at radius 1 is 1.19 bits per heavy atom. The molecule has 0 atom stereocenters. The Kier molecular flexibility index (Phi) is 3.65. The summed E-state index contributed by atoms with van der Waals surface area (Å²) in [5.41, 5.74) is 8.45. The predicted octanol–water partition coefficient (Wildman–Crippen LogP) is 5.38. The van der Waals surface area contributed by atoms with Crippen molar-refractivity contribution >= 4 is 61.8 Å². The zero-order chi connectivity index (χ0) is 15.1. The van der Waals surface area contributed by atoms with E-state index in [0.29, 0.717) is 17.1 Å². The van der Waals surface area contributed by atoms with Gasteiger partial charge in [0, 0.05) is 0 Å². The van der Waals surface area contributed by atoms with Crippen LogP contribution in [0.25, 0.3) is 10.2 Å². The number of hydrogen-bond acceptors (Lipinski definition) is 4. The monoisotopic (exact) mass is 341 g/mol. The van der Waals surface area contributed by atoms with Crippen LogP contribution in [0.4, 0.5) is 21.5 Å². The summed E-state index contributed by atoms with van der Waals surface area (Å²) in [6.45, 7) is 1.93. The average Bonchev–Trinajstić information content (AvgIpc) is 2.72. The topological polar surface area (TPSA) is 50.9 Å². The molecule has 3 rings (SSSR count). The highest BCUT2D eigenvalue weighted by Crippen LogP contribution is 2.37. The van der Waals surface area contributed by atoms with Gasteiger partial charge in [-0.15, -0.1) is 11.3 Å². The van der Waals surface area contributed by atoms with Crippen molar-refractivity contribution in [3.8, 4) is 0 Å². The average molecular weight is 342 g/mol. The number of anilines is 3. The first-order chi connectivity index (χ1) is 9.94. The molecule has 0 unspecified atom stereocenters. The fraction of sp³-hybridized carbons (Fsp3) is 0.0714. The lowest BCUT2D eigenvalue weighted by Gasteiger charge is -2.12. The van der Waals surface area contributed by atoms with Gasteiger partial charge in [-0.3, -0.25) is 0 Å². The molecule has 0 bridgehead atoms. The van der Waals surface area contributed by atoms with E-state index in [-0.39, 0.29) is 10.0 Å². The van der Waals surface area contributed by atoms with Crippen LogP contribution in [-0.4, -0.2) is 4.98 Å². The Hall–Kier alpha value is -1.56. The second kappa shape index (κ2) is 5.33. The summed E-state index contributed by atoms with van der Waals surface area (Å²) in [5.74, 6) is -0.492. The smallest absolute Gasteiger partial charge is 0.126 e. The summed E-state index contributed by atoms with van der Waals surface area (Å²) in [4.78, 5) is 4.41. The van der Waals surface area contributed by atoms with Crippen LogP contribution < -0.4 is 11.1 Å². The van der Waals surface area contributed by atoms with Crippen LogP contribution in [0.1, 0.15) is 5.01 Å². The Bertz CT molecular complexity index is 825. The molecule has 3 nitrogen and oxygen atoms in total. The van der Waals surface area contributed by atoms with Crippen molar-refractivity contribution in [1.82, 2.24) is 4.98 Å². The van der Waals surface area contributed by atoms with Crippen LogP contribution in [0, 0.1) is 12.7 Å². The van der Waals surface area contributed by atoms with Gasteiger partial charge in [0.15, 0.2) is 0 Å².